The molecular weight excluding hydrogens is 296 g/mol. The van der Waals surface area contributed by atoms with Gasteiger partial charge in [-0.05, 0) is 31.4 Å². The first kappa shape index (κ1) is 13.7. The van der Waals surface area contributed by atoms with Gasteiger partial charge < -0.3 is 9.32 Å². The maximum Gasteiger partial charge on any atom is 0.298 e. The predicted molar refractivity (Wildman–Crippen MR) is 87.5 cm³/mol. The van der Waals surface area contributed by atoms with Gasteiger partial charge in [0.15, 0.2) is 5.58 Å². The molecule has 0 N–H and O–H groups in total. The fraction of sp³-hybridized carbons (Fsp3) is 0.438. The molecule has 1 aromatic carbocycles. The minimum Gasteiger partial charge on any atom is -0.423 e. The molecule has 1 aliphatic heterocycles. The topological polar surface area (TPSA) is 55.1 Å². The first-order chi connectivity index (χ1) is 10.8. The van der Waals surface area contributed by atoms with Crippen LogP contribution in [0.1, 0.15) is 35.7 Å². The van der Waals surface area contributed by atoms with Crippen LogP contribution < -0.4 is 4.90 Å². The van der Waals surface area contributed by atoms with E-state index in [4.69, 9.17) is 4.42 Å². The summed E-state index contributed by atoms with van der Waals surface area (Å²) in [5, 5.41) is 10.9. The van der Waals surface area contributed by atoms with Crippen LogP contribution in [-0.4, -0.2) is 28.3 Å². The lowest BCUT2D eigenvalue weighted by Crippen LogP contribution is -2.33. The van der Waals surface area contributed by atoms with Crippen molar-refractivity contribution in [1.29, 1.82) is 0 Å². The molecule has 0 radical (unpaired) electrons. The van der Waals surface area contributed by atoms with Gasteiger partial charge in [0.2, 0.25) is 0 Å². The normalized spacial score (nSPS) is 16.5. The highest BCUT2D eigenvalue weighted by atomic mass is 32.1. The smallest absolute Gasteiger partial charge is 0.298 e. The molecule has 0 atom stereocenters. The Kier molecular flexibility index (Phi) is 3.54. The zero-order valence-corrected chi connectivity index (χ0v) is 13.3. The van der Waals surface area contributed by atoms with E-state index < -0.39 is 0 Å². The van der Waals surface area contributed by atoms with Crippen LogP contribution in [0.25, 0.3) is 11.1 Å². The van der Waals surface area contributed by atoms with E-state index in [0.717, 1.165) is 54.5 Å². The standard InChI is InChI=1S/C16H18N4OS/c1-2-14-18-19-15(22-14)11-7-9-20(10-8-11)16-17-12-5-3-4-6-13(12)21-16/h3-6,11H,2,7-10H2,1H3. The van der Waals surface area contributed by atoms with E-state index in [-0.39, 0.29) is 0 Å². The summed E-state index contributed by atoms with van der Waals surface area (Å²) in [5.41, 5.74) is 1.78. The third kappa shape index (κ3) is 2.47. The maximum absolute atomic E-state index is 5.86. The Hall–Kier alpha value is -1.95. The van der Waals surface area contributed by atoms with Gasteiger partial charge in [0.25, 0.3) is 6.01 Å². The number of benzene rings is 1. The number of hydrogen-bond acceptors (Lipinski definition) is 6. The molecule has 5 nitrogen and oxygen atoms in total. The van der Waals surface area contributed by atoms with E-state index >= 15 is 0 Å². The van der Waals surface area contributed by atoms with Crippen LogP contribution in [-0.2, 0) is 6.42 Å². The lowest BCUT2D eigenvalue weighted by molar-refractivity contribution is 0.465. The molecule has 3 aromatic rings. The number of nitrogens with zero attached hydrogens (tertiary/aromatic N) is 4. The van der Waals surface area contributed by atoms with Gasteiger partial charge in [-0.1, -0.05) is 19.1 Å². The molecule has 6 heteroatoms. The van der Waals surface area contributed by atoms with Crippen molar-refractivity contribution in [2.24, 2.45) is 0 Å². The van der Waals surface area contributed by atoms with Gasteiger partial charge in [0, 0.05) is 19.0 Å². The van der Waals surface area contributed by atoms with Gasteiger partial charge >= 0.3 is 0 Å². The molecular formula is C16H18N4OS. The highest BCUT2D eigenvalue weighted by Crippen LogP contribution is 2.32. The van der Waals surface area contributed by atoms with Gasteiger partial charge in [0.1, 0.15) is 15.5 Å². The fourth-order valence-corrected chi connectivity index (χ4v) is 3.84. The number of piperidine rings is 1. The summed E-state index contributed by atoms with van der Waals surface area (Å²) in [7, 11) is 0. The Morgan fingerprint density at radius 1 is 1.23 bits per heavy atom. The second-order valence-corrected chi connectivity index (χ2v) is 6.71. The number of aromatic nitrogens is 3. The summed E-state index contributed by atoms with van der Waals surface area (Å²) < 4.78 is 5.86. The molecule has 0 saturated carbocycles. The lowest BCUT2D eigenvalue weighted by atomic mass is 9.98. The number of oxazole rings is 1. The van der Waals surface area contributed by atoms with Gasteiger partial charge in [-0.3, -0.25) is 0 Å². The second-order valence-electron chi connectivity index (χ2n) is 5.61. The van der Waals surface area contributed by atoms with Crippen molar-refractivity contribution in [2.75, 3.05) is 18.0 Å². The second kappa shape index (κ2) is 5.68. The van der Waals surface area contributed by atoms with E-state index in [1.807, 2.05) is 24.3 Å². The zero-order chi connectivity index (χ0) is 14.9. The fourth-order valence-electron chi connectivity index (χ4n) is 2.89. The summed E-state index contributed by atoms with van der Waals surface area (Å²) >= 11 is 1.76. The van der Waals surface area contributed by atoms with Gasteiger partial charge in [-0.2, -0.15) is 4.98 Å². The van der Waals surface area contributed by atoms with Crippen LogP contribution in [0, 0.1) is 0 Å². The van der Waals surface area contributed by atoms with E-state index in [2.05, 4.69) is 27.0 Å². The maximum atomic E-state index is 5.86. The summed E-state index contributed by atoms with van der Waals surface area (Å²) in [6.45, 7) is 4.04. The van der Waals surface area contributed by atoms with Crippen molar-refractivity contribution in [1.82, 2.24) is 15.2 Å². The van der Waals surface area contributed by atoms with Crippen LogP contribution in [0.4, 0.5) is 6.01 Å². The molecule has 1 fully saturated rings. The van der Waals surface area contributed by atoms with Gasteiger partial charge in [0.05, 0.1) is 0 Å². The minimum atomic E-state index is 0.526. The van der Waals surface area contributed by atoms with Crippen molar-refractivity contribution in [3.63, 3.8) is 0 Å². The van der Waals surface area contributed by atoms with Gasteiger partial charge in [-0.25, -0.2) is 0 Å². The van der Waals surface area contributed by atoms with Crippen LogP contribution in [0.5, 0.6) is 0 Å². The molecule has 0 spiro atoms. The SMILES string of the molecule is CCc1nnc(C2CCN(c3nc4ccccc4o3)CC2)s1. The zero-order valence-electron chi connectivity index (χ0n) is 12.5. The molecule has 0 unspecified atom stereocenters. The average molecular weight is 314 g/mol. The average Bonchev–Trinajstić information content (AvgIpc) is 3.21. The third-order valence-electron chi connectivity index (χ3n) is 4.18. The van der Waals surface area contributed by atoms with E-state index in [1.165, 1.54) is 5.01 Å². The Balaban J connectivity index is 1.47. The Morgan fingerprint density at radius 3 is 2.77 bits per heavy atom. The molecule has 0 amide bonds. The number of hydrogen-bond donors (Lipinski definition) is 0. The van der Waals surface area contributed by atoms with E-state index in [1.54, 1.807) is 11.3 Å². The van der Waals surface area contributed by atoms with E-state index in [9.17, 15) is 0 Å². The lowest BCUT2D eigenvalue weighted by Gasteiger charge is -2.29. The van der Waals surface area contributed by atoms with Crippen molar-refractivity contribution < 1.29 is 4.42 Å². The Morgan fingerprint density at radius 2 is 2.05 bits per heavy atom. The third-order valence-corrected chi connectivity index (χ3v) is 5.41. The van der Waals surface area contributed by atoms with Crippen molar-refractivity contribution in [3.8, 4) is 0 Å². The van der Waals surface area contributed by atoms with Crippen LogP contribution in [0.3, 0.4) is 0 Å². The summed E-state index contributed by atoms with van der Waals surface area (Å²) in [6.07, 6.45) is 3.13. The first-order valence-electron chi connectivity index (χ1n) is 7.76. The van der Waals surface area contributed by atoms with Gasteiger partial charge in [-0.15, -0.1) is 21.5 Å². The Labute approximate surface area is 133 Å². The first-order valence-corrected chi connectivity index (χ1v) is 8.58. The monoisotopic (exact) mass is 314 g/mol. The van der Waals surface area contributed by atoms with E-state index in [0.29, 0.717) is 5.92 Å². The number of anilines is 1. The number of rotatable bonds is 3. The molecule has 3 heterocycles. The molecule has 4 rings (SSSR count). The molecule has 1 saturated heterocycles. The van der Waals surface area contributed by atoms with Crippen molar-refractivity contribution in [2.45, 2.75) is 32.1 Å². The highest BCUT2D eigenvalue weighted by molar-refractivity contribution is 7.11. The number of fused-ring (bicyclic) bond motifs is 1. The van der Waals surface area contributed by atoms with Crippen LogP contribution in [0.15, 0.2) is 28.7 Å². The molecule has 0 aliphatic carbocycles. The number of aryl methyl sites for hydroxylation is 1. The minimum absolute atomic E-state index is 0.526. The summed E-state index contributed by atoms with van der Waals surface area (Å²) in [5.74, 6) is 0.526. The predicted octanol–water partition coefficient (Wildman–Crippen LogP) is 3.63. The molecule has 114 valence electrons. The Bertz CT molecular complexity index is 740. The van der Waals surface area contributed by atoms with Crippen LogP contribution >= 0.6 is 11.3 Å². The molecule has 1 aliphatic rings. The quantitative estimate of drug-likeness (QED) is 0.739. The summed E-state index contributed by atoms with van der Waals surface area (Å²) in [6, 6.07) is 8.66. The summed E-state index contributed by atoms with van der Waals surface area (Å²) in [4.78, 5) is 6.82. The molecule has 22 heavy (non-hydrogen) atoms. The number of para-hydroxylation sites is 2. The van der Waals surface area contributed by atoms with Crippen molar-refractivity contribution >= 4 is 28.5 Å². The molecule has 2 aromatic heterocycles. The van der Waals surface area contributed by atoms with Crippen molar-refractivity contribution in [3.05, 3.63) is 34.3 Å². The van der Waals surface area contributed by atoms with Crippen LogP contribution in [0.2, 0.25) is 0 Å². The molecule has 0 bridgehead atoms. The largest absolute Gasteiger partial charge is 0.423 e. The highest BCUT2D eigenvalue weighted by Gasteiger charge is 2.25.